The molecule has 1 aliphatic heterocycles. The lowest BCUT2D eigenvalue weighted by molar-refractivity contribution is -0.116. The molecule has 3 aromatic rings. The molecule has 0 radical (unpaired) electrons. The van der Waals surface area contributed by atoms with Gasteiger partial charge in [0, 0.05) is 31.3 Å². The Bertz CT molecular complexity index is 1180. The maximum atomic E-state index is 14.7. The van der Waals surface area contributed by atoms with Crippen molar-refractivity contribution in [1.29, 1.82) is 0 Å². The highest BCUT2D eigenvalue weighted by Gasteiger charge is 2.31. The molecule has 0 saturated carbocycles. The predicted molar refractivity (Wildman–Crippen MR) is 135 cm³/mol. The van der Waals surface area contributed by atoms with Gasteiger partial charge in [-0.3, -0.25) is 9.59 Å². The summed E-state index contributed by atoms with van der Waals surface area (Å²) in [6, 6.07) is 10.8. The number of ether oxygens (including phenoxy) is 2. The molecule has 0 atom stereocenters. The van der Waals surface area contributed by atoms with Crippen LogP contribution in [0, 0.1) is 11.6 Å². The number of halogens is 2. The van der Waals surface area contributed by atoms with E-state index in [1.165, 1.54) is 19.1 Å². The van der Waals surface area contributed by atoms with Crippen molar-refractivity contribution in [1.82, 2.24) is 4.90 Å². The number of nitrogens with one attached hydrogen (secondary N) is 1. The van der Waals surface area contributed by atoms with Gasteiger partial charge in [-0.1, -0.05) is 12.1 Å². The van der Waals surface area contributed by atoms with Gasteiger partial charge in [0.2, 0.25) is 5.91 Å². The first kappa shape index (κ1) is 25.6. The number of hydrogen-bond acceptors (Lipinski definition) is 5. The van der Waals surface area contributed by atoms with E-state index in [1.807, 2.05) is 41.1 Å². The van der Waals surface area contributed by atoms with E-state index < -0.39 is 23.1 Å². The zero-order valence-corrected chi connectivity index (χ0v) is 21.0. The number of carbonyl (C=O) groups excluding carboxylic acids is 2. The van der Waals surface area contributed by atoms with E-state index in [1.54, 1.807) is 11.3 Å². The van der Waals surface area contributed by atoms with Crippen molar-refractivity contribution in [3.8, 4) is 11.5 Å². The highest BCUT2D eigenvalue weighted by Crippen LogP contribution is 2.34. The van der Waals surface area contributed by atoms with E-state index >= 15 is 0 Å². The molecule has 1 saturated heterocycles. The van der Waals surface area contributed by atoms with Crippen LogP contribution in [0.5, 0.6) is 11.5 Å². The maximum Gasteiger partial charge on any atom is 0.260 e. The van der Waals surface area contributed by atoms with E-state index in [2.05, 4.69) is 5.32 Å². The summed E-state index contributed by atoms with van der Waals surface area (Å²) in [5, 5.41) is 6.97. The molecule has 2 aromatic carbocycles. The zero-order chi connectivity index (χ0) is 25.7. The van der Waals surface area contributed by atoms with Crippen LogP contribution in [0.3, 0.4) is 0 Å². The third kappa shape index (κ3) is 5.67. The summed E-state index contributed by atoms with van der Waals surface area (Å²) >= 11 is 1.62. The smallest absolute Gasteiger partial charge is 0.260 e. The number of hydrogen-bond donors (Lipinski definition) is 1. The number of aryl methyl sites for hydroxylation is 1. The molecule has 1 aliphatic rings. The molecule has 9 heteroatoms. The van der Waals surface area contributed by atoms with Crippen molar-refractivity contribution in [2.75, 3.05) is 32.6 Å². The van der Waals surface area contributed by atoms with Crippen LogP contribution >= 0.6 is 11.3 Å². The Hall–Kier alpha value is -3.46. The van der Waals surface area contributed by atoms with Gasteiger partial charge in [0.05, 0.1) is 14.2 Å². The van der Waals surface area contributed by atoms with Crippen molar-refractivity contribution in [2.24, 2.45) is 0 Å². The number of benzene rings is 2. The first-order valence-corrected chi connectivity index (χ1v) is 12.7. The van der Waals surface area contributed by atoms with Gasteiger partial charge in [-0.05, 0) is 65.3 Å². The van der Waals surface area contributed by atoms with Crippen LogP contribution in [0.1, 0.15) is 46.7 Å². The number of anilines is 1. The molecule has 1 N–H and O–H groups in total. The van der Waals surface area contributed by atoms with Gasteiger partial charge < -0.3 is 19.7 Å². The lowest BCUT2D eigenvalue weighted by atomic mass is 9.89. The van der Waals surface area contributed by atoms with Gasteiger partial charge in [-0.25, -0.2) is 8.78 Å². The fourth-order valence-corrected chi connectivity index (χ4v) is 5.11. The molecule has 0 aliphatic carbocycles. The number of amides is 2. The van der Waals surface area contributed by atoms with Gasteiger partial charge in [-0.2, -0.15) is 11.3 Å². The van der Waals surface area contributed by atoms with Crippen LogP contribution in [0.25, 0.3) is 0 Å². The minimum atomic E-state index is -1.03. The Balaban J connectivity index is 1.34. The second kappa shape index (κ2) is 11.5. The molecule has 2 heterocycles. The van der Waals surface area contributed by atoms with Crippen LogP contribution in [-0.4, -0.2) is 44.0 Å². The molecule has 2 amide bonds. The van der Waals surface area contributed by atoms with Crippen molar-refractivity contribution in [3.05, 3.63) is 75.5 Å². The summed E-state index contributed by atoms with van der Waals surface area (Å²) in [5.74, 6) is -3.11. The molecule has 0 spiro atoms. The zero-order valence-electron chi connectivity index (χ0n) is 20.2. The molecule has 36 heavy (non-hydrogen) atoms. The van der Waals surface area contributed by atoms with Gasteiger partial charge in [0.25, 0.3) is 5.91 Å². The summed E-state index contributed by atoms with van der Waals surface area (Å²) < 4.78 is 39.4. The average molecular weight is 515 g/mol. The topological polar surface area (TPSA) is 67.9 Å². The number of likely N-dealkylation sites (tertiary alicyclic amines) is 1. The maximum absolute atomic E-state index is 14.7. The van der Waals surface area contributed by atoms with Crippen LogP contribution in [0.4, 0.5) is 14.5 Å². The van der Waals surface area contributed by atoms with E-state index in [-0.39, 0.29) is 23.3 Å². The number of carbonyl (C=O) groups is 2. The third-order valence-electron chi connectivity index (χ3n) is 6.46. The largest absolute Gasteiger partial charge is 0.494 e. The summed E-state index contributed by atoms with van der Waals surface area (Å²) in [4.78, 5) is 26.7. The first-order chi connectivity index (χ1) is 17.4. The van der Waals surface area contributed by atoms with Crippen LogP contribution in [-0.2, 0) is 11.2 Å². The van der Waals surface area contributed by atoms with Crippen molar-refractivity contribution >= 4 is 28.8 Å². The summed E-state index contributed by atoms with van der Waals surface area (Å²) in [5.41, 5.74) is 2.33. The Labute approximate surface area is 212 Å². The molecule has 0 bridgehead atoms. The summed E-state index contributed by atoms with van der Waals surface area (Å²) in [6.45, 7) is 0.728. The SMILES string of the molecule is COc1cc(OC)c(F)c(C(=O)N2CCC(c3ccc(NC(=O)CCc4ccsc4)cc3)CC2)c1F. The highest BCUT2D eigenvalue weighted by molar-refractivity contribution is 7.07. The standard InChI is InChI=1S/C27H28F2N2O4S/c1-34-21-15-22(35-2)26(29)24(25(21)28)27(33)31-12-9-19(10-13-31)18-4-6-20(7-5-18)30-23(32)8-3-17-11-14-36-16-17/h4-7,11,14-16,19H,3,8-10,12-13H2,1-2H3,(H,30,32). The monoisotopic (exact) mass is 514 g/mol. The summed E-state index contributed by atoms with van der Waals surface area (Å²) in [6.07, 6.45) is 2.44. The molecule has 0 unspecified atom stereocenters. The predicted octanol–water partition coefficient (Wildman–Crippen LogP) is 5.63. The average Bonchev–Trinajstić information content (AvgIpc) is 3.42. The minimum absolute atomic E-state index is 0.0330. The Morgan fingerprint density at radius 1 is 1.03 bits per heavy atom. The fourth-order valence-electron chi connectivity index (χ4n) is 4.40. The molecule has 1 aromatic heterocycles. The number of piperidine rings is 1. The van der Waals surface area contributed by atoms with E-state index in [9.17, 15) is 18.4 Å². The highest BCUT2D eigenvalue weighted by atomic mass is 32.1. The van der Waals surface area contributed by atoms with Gasteiger partial charge >= 0.3 is 0 Å². The number of nitrogens with zero attached hydrogens (tertiary/aromatic N) is 1. The number of thiophene rings is 1. The molecular weight excluding hydrogens is 486 g/mol. The lowest BCUT2D eigenvalue weighted by Crippen LogP contribution is -2.38. The van der Waals surface area contributed by atoms with Crippen molar-refractivity contribution in [3.63, 3.8) is 0 Å². The Morgan fingerprint density at radius 2 is 1.67 bits per heavy atom. The van der Waals surface area contributed by atoms with Crippen molar-refractivity contribution in [2.45, 2.75) is 31.6 Å². The molecule has 4 rings (SSSR count). The summed E-state index contributed by atoms with van der Waals surface area (Å²) in [7, 11) is 2.49. The second-order valence-electron chi connectivity index (χ2n) is 8.65. The van der Waals surface area contributed by atoms with Crippen LogP contribution < -0.4 is 14.8 Å². The van der Waals surface area contributed by atoms with Gasteiger partial charge in [0.1, 0.15) is 5.56 Å². The number of rotatable bonds is 8. The number of methoxy groups -OCH3 is 2. The Morgan fingerprint density at radius 3 is 2.22 bits per heavy atom. The van der Waals surface area contributed by atoms with Gasteiger partial charge in [-0.15, -0.1) is 0 Å². The quantitative estimate of drug-likeness (QED) is 0.423. The second-order valence-corrected chi connectivity index (χ2v) is 9.43. The molecule has 6 nitrogen and oxygen atoms in total. The van der Waals surface area contributed by atoms with Crippen molar-refractivity contribution < 1.29 is 27.8 Å². The third-order valence-corrected chi connectivity index (χ3v) is 7.19. The Kier molecular flexibility index (Phi) is 8.20. The normalized spacial score (nSPS) is 13.9. The van der Waals surface area contributed by atoms with E-state index in [0.717, 1.165) is 22.9 Å². The van der Waals surface area contributed by atoms with Gasteiger partial charge in [0.15, 0.2) is 23.1 Å². The lowest BCUT2D eigenvalue weighted by Gasteiger charge is -2.32. The molecule has 1 fully saturated rings. The van der Waals surface area contributed by atoms with E-state index in [4.69, 9.17) is 9.47 Å². The molecular formula is C27H28F2N2O4S. The molecule has 190 valence electrons. The fraction of sp³-hybridized carbons (Fsp3) is 0.333. The minimum Gasteiger partial charge on any atom is -0.494 e. The first-order valence-electron chi connectivity index (χ1n) is 11.7. The van der Waals surface area contributed by atoms with Crippen LogP contribution in [0.15, 0.2) is 47.2 Å². The van der Waals surface area contributed by atoms with Crippen LogP contribution in [0.2, 0.25) is 0 Å². The van der Waals surface area contributed by atoms with E-state index in [0.29, 0.717) is 38.8 Å².